The molecule has 6 heteroatoms. The van der Waals surface area contributed by atoms with Crippen LogP contribution in [0.15, 0.2) is 0 Å². The lowest BCUT2D eigenvalue weighted by atomic mass is 9.90. The zero-order chi connectivity index (χ0) is 13.4. The minimum absolute atomic E-state index is 0.230. The molecule has 1 rings (SSSR count). The van der Waals surface area contributed by atoms with Crippen LogP contribution in [0.5, 0.6) is 0 Å². The lowest BCUT2D eigenvalue weighted by Crippen LogP contribution is -2.45. The van der Waals surface area contributed by atoms with Crippen LogP contribution in [0.25, 0.3) is 0 Å². The Kier molecular flexibility index (Phi) is 5.74. The summed E-state index contributed by atoms with van der Waals surface area (Å²) in [5, 5.41) is 22.2. The second kappa shape index (κ2) is 7.08. The average molecular weight is 258 g/mol. The third-order valence-electron chi connectivity index (χ3n) is 3.54. The number of unbranched alkanes of at least 4 members (excludes halogenated alkanes) is 2. The minimum atomic E-state index is -0.991. The summed E-state index contributed by atoms with van der Waals surface area (Å²) < 4.78 is 0. The van der Waals surface area contributed by atoms with Crippen molar-refractivity contribution in [2.75, 3.05) is 6.54 Å². The summed E-state index contributed by atoms with van der Waals surface area (Å²) in [4.78, 5) is 21.0. The van der Waals surface area contributed by atoms with E-state index in [2.05, 4.69) is 10.6 Å². The van der Waals surface area contributed by atoms with E-state index in [0.29, 0.717) is 6.54 Å². The molecule has 0 spiro atoms. The standard InChI is InChI=1S/C12H22N2O4/c15-10(16)13-9-5-1-2-6-12(14-11(17)18)7-3-4-8-12/h13-14H,1-9H2,(H,15,16)(H,17,18). The van der Waals surface area contributed by atoms with E-state index >= 15 is 0 Å². The topological polar surface area (TPSA) is 98.7 Å². The molecule has 18 heavy (non-hydrogen) atoms. The lowest BCUT2D eigenvalue weighted by molar-refractivity contribution is 0.173. The maximum atomic E-state index is 10.8. The normalized spacial score (nSPS) is 17.3. The number of hydrogen-bond acceptors (Lipinski definition) is 2. The van der Waals surface area contributed by atoms with Crippen LogP contribution in [0.2, 0.25) is 0 Å². The molecule has 6 nitrogen and oxygen atoms in total. The van der Waals surface area contributed by atoms with Gasteiger partial charge in [0.05, 0.1) is 0 Å². The molecule has 0 saturated heterocycles. The molecule has 0 aromatic carbocycles. The van der Waals surface area contributed by atoms with Crippen LogP contribution in [0, 0.1) is 0 Å². The van der Waals surface area contributed by atoms with Crippen molar-refractivity contribution in [3.63, 3.8) is 0 Å². The van der Waals surface area contributed by atoms with E-state index in [0.717, 1.165) is 51.4 Å². The molecule has 0 aromatic rings. The molecule has 1 saturated carbocycles. The highest BCUT2D eigenvalue weighted by Gasteiger charge is 2.34. The van der Waals surface area contributed by atoms with E-state index in [-0.39, 0.29) is 5.54 Å². The molecule has 0 radical (unpaired) electrons. The predicted molar refractivity (Wildman–Crippen MR) is 66.9 cm³/mol. The summed E-state index contributed by atoms with van der Waals surface area (Å²) in [6.07, 6.45) is 5.59. The molecular formula is C12H22N2O4. The molecule has 4 N–H and O–H groups in total. The lowest BCUT2D eigenvalue weighted by Gasteiger charge is -2.28. The Morgan fingerprint density at radius 2 is 1.67 bits per heavy atom. The Morgan fingerprint density at radius 1 is 1.00 bits per heavy atom. The predicted octanol–water partition coefficient (Wildman–Crippen LogP) is 2.39. The average Bonchev–Trinajstić information content (AvgIpc) is 2.70. The summed E-state index contributed by atoms with van der Waals surface area (Å²) in [5.74, 6) is 0. The molecule has 2 amide bonds. The van der Waals surface area contributed by atoms with Gasteiger partial charge in [0.1, 0.15) is 0 Å². The quantitative estimate of drug-likeness (QED) is 0.527. The van der Waals surface area contributed by atoms with E-state index < -0.39 is 12.2 Å². The number of hydrogen-bond donors (Lipinski definition) is 4. The first-order chi connectivity index (χ1) is 8.54. The number of rotatable bonds is 7. The second-order valence-electron chi connectivity index (χ2n) is 4.96. The molecule has 1 aliphatic rings. The molecule has 0 atom stereocenters. The van der Waals surface area contributed by atoms with Gasteiger partial charge in [0.25, 0.3) is 0 Å². The third-order valence-corrected chi connectivity index (χ3v) is 3.54. The first kappa shape index (κ1) is 14.6. The number of carbonyl (C=O) groups is 2. The molecule has 0 aliphatic heterocycles. The van der Waals surface area contributed by atoms with E-state index in [4.69, 9.17) is 10.2 Å². The molecule has 0 unspecified atom stereocenters. The smallest absolute Gasteiger partial charge is 0.405 e. The monoisotopic (exact) mass is 258 g/mol. The Bertz CT molecular complexity index is 288. The van der Waals surface area contributed by atoms with Gasteiger partial charge in [-0.2, -0.15) is 0 Å². The highest BCUT2D eigenvalue weighted by Crippen LogP contribution is 2.34. The Labute approximate surface area is 107 Å². The molecule has 1 aliphatic carbocycles. The van der Waals surface area contributed by atoms with Crippen molar-refractivity contribution in [2.24, 2.45) is 0 Å². The fourth-order valence-electron chi connectivity index (χ4n) is 2.68. The first-order valence-electron chi connectivity index (χ1n) is 6.52. The van der Waals surface area contributed by atoms with E-state index in [1.165, 1.54) is 0 Å². The van der Waals surface area contributed by atoms with Crippen LogP contribution < -0.4 is 10.6 Å². The van der Waals surface area contributed by atoms with Gasteiger partial charge in [-0.1, -0.05) is 25.7 Å². The number of nitrogens with one attached hydrogen (secondary N) is 2. The zero-order valence-electron chi connectivity index (χ0n) is 10.6. The Balaban J connectivity index is 2.18. The van der Waals surface area contributed by atoms with Crippen molar-refractivity contribution >= 4 is 12.2 Å². The fraction of sp³-hybridized carbons (Fsp3) is 0.833. The third kappa shape index (κ3) is 5.25. The van der Waals surface area contributed by atoms with E-state index in [9.17, 15) is 9.59 Å². The minimum Gasteiger partial charge on any atom is -0.465 e. The molecular weight excluding hydrogens is 236 g/mol. The van der Waals surface area contributed by atoms with Gasteiger partial charge >= 0.3 is 12.2 Å². The van der Waals surface area contributed by atoms with Crippen LogP contribution in [0.1, 0.15) is 51.4 Å². The van der Waals surface area contributed by atoms with Crippen LogP contribution >= 0.6 is 0 Å². The zero-order valence-corrected chi connectivity index (χ0v) is 10.6. The van der Waals surface area contributed by atoms with Crippen molar-refractivity contribution in [3.05, 3.63) is 0 Å². The van der Waals surface area contributed by atoms with Crippen molar-refractivity contribution in [3.8, 4) is 0 Å². The van der Waals surface area contributed by atoms with Gasteiger partial charge in [0, 0.05) is 12.1 Å². The fourth-order valence-corrected chi connectivity index (χ4v) is 2.68. The van der Waals surface area contributed by atoms with Gasteiger partial charge in [0.15, 0.2) is 0 Å². The maximum absolute atomic E-state index is 10.8. The highest BCUT2D eigenvalue weighted by molar-refractivity contribution is 5.65. The Hall–Kier alpha value is -1.46. The second-order valence-corrected chi connectivity index (χ2v) is 4.96. The summed E-state index contributed by atoms with van der Waals surface area (Å²) >= 11 is 0. The molecule has 1 fully saturated rings. The molecule has 0 heterocycles. The summed E-state index contributed by atoms with van der Waals surface area (Å²) in [6, 6.07) is 0. The summed E-state index contributed by atoms with van der Waals surface area (Å²) in [7, 11) is 0. The highest BCUT2D eigenvalue weighted by atomic mass is 16.4. The summed E-state index contributed by atoms with van der Waals surface area (Å²) in [6.45, 7) is 0.467. The maximum Gasteiger partial charge on any atom is 0.405 e. The SMILES string of the molecule is O=C(O)NCCCCCC1(NC(=O)O)CCCC1. The van der Waals surface area contributed by atoms with Crippen molar-refractivity contribution in [2.45, 2.75) is 56.9 Å². The van der Waals surface area contributed by atoms with Gasteiger partial charge < -0.3 is 20.8 Å². The van der Waals surface area contributed by atoms with Crippen LogP contribution in [0.4, 0.5) is 9.59 Å². The van der Waals surface area contributed by atoms with Crippen molar-refractivity contribution < 1.29 is 19.8 Å². The number of carboxylic acid groups (broad SMARTS) is 2. The van der Waals surface area contributed by atoms with Crippen LogP contribution in [-0.2, 0) is 0 Å². The molecule has 0 aromatic heterocycles. The Morgan fingerprint density at radius 3 is 2.22 bits per heavy atom. The number of amides is 2. The van der Waals surface area contributed by atoms with Gasteiger partial charge in [-0.15, -0.1) is 0 Å². The summed E-state index contributed by atoms with van der Waals surface area (Å²) in [5.41, 5.74) is -0.230. The molecule has 0 bridgehead atoms. The van der Waals surface area contributed by atoms with Gasteiger partial charge in [0.2, 0.25) is 0 Å². The largest absolute Gasteiger partial charge is 0.465 e. The first-order valence-corrected chi connectivity index (χ1v) is 6.52. The van der Waals surface area contributed by atoms with E-state index in [1.54, 1.807) is 0 Å². The van der Waals surface area contributed by atoms with Crippen LogP contribution in [-0.4, -0.2) is 34.5 Å². The van der Waals surface area contributed by atoms with Crippen molar-refractivity contribution in [1.82, 2.24) is 10.6 Å². The van der Waals surface area contributed by atoms with Crippen molar-refractivity contribution in [1.29, 1.82) is 0 Å². The van der Waals surface area contributed by atoms with Gasteiger partial charge in [-0.3, -0.25) is 0 Å². The van der Waals surface area contributed by atoms with Gasteiger partial charge in [-0.05, 0) is 25.7 Å². The van der Waals surface area contributed by atoms with E-state index in [1.807, 2.05) is 0 Å². The molecule has 104 valence electrons. The van der Waals surface area contributed by atoms with Crippen LogP contribution in [0.3, 0.4) is 0 Å². The van der Waals surface area contributed by atoms with Gasteiger partial charge in [-0.25, -0.2) is 9.59 Å².